The van der Waals surface area contributed by atoms with Crippen molar-refractivity contribution in [3.63, 3.8) is 0 Å². The summed E-state index contributed by atoms with van der Waals surface area (Å²) in [4.78, 5) is 23.6. The highest BCUT2D eigenvalue weighted by atomic mass is 79.9. The van der Waals surface area contributed by atoms with E-state index < -0.39 is 11.8 Å². The van der Waals surface area contributed by atoms with Gasteiger partial charge in [0.2, 0.25) is 0 Å². The van der Waals surface area contributed by atoms with E-state index in [0.29, 0.717) is 16.5 Å². The monoisotopic (exact) mass is 549 g/mol. The number of benzene rings is 2. The molecule has 148 valence electrons. The molecule has 0 unspecified atom stereocenters. The van der Waals surface area contributed by atoms with Crippen LogP contribution in [0.2, 0.25) is 5.02 Å². The number of ether oxygens (including phenoxy) is 2. The second kappa shape index (κ2) is 11.2. The molecule has 0 aliphatic heterocycles. The van der Waals surface area contributed by atoms with Gasteiger partial charge < -0.3 is 9.47 Å². The van der Waals surface area contributed by atoms with Crippen molar-refractivity contribution >= 4 is 72.6 Å². The zero-order valence-corrected chi connectivity index (χ0v) is 18.9. The summed E-state index contributed by atoms with van der Waals surface area (Å²) >= 11 is 17.5. The van der Waals surface area contributed by atoms with Gasteiger partial charge in [-0.25, -0.2) is 0 Å². The number of rotatable bonds is 6. The van der Waals surface area contributed by atoms with Crippen LogP contribution in [-0.2, 0) is 9.59 Å². The molecule has 2 rings (SSSR count). The highest BCUT2D eigenvalue weighted by molar-refractivity contribution is 9.10. The number of hydrogen-bond acceptors (Lipinski definition) is 5. The van der Waals surface area contributed by atoms with Crippen molar-refractivity contribution in [2.45, 2.75) is 0 Å². The molecule has 2 aromatic carbocycles. The summed E-state index contributed by atoms with van der Waals surface area (Å²) in [6.07, 6.45) is 0. The Bertz CT molecular complexity index is 868. The highest BCUT2D eigenvalue weighted by Crippen LogP contribution is 2.27. The molecule has 28 heavy (non-hydrogen) atoms. The Morgan fingerprint density at radius 2 is 1.57 bits per heavy atom. The Hall–Kier alpha value is -1.88. The van der Waals surface area contributed by atoms with Crippen LogP contribution in [0.4, 0.5) is 0 Å². The smallest absolute Gasteiger partial charge is 0.276 e. The lowest BCUT2D eigenvalue weighted by Gasteiger charge is -2.12. The Morgan fingerprint density at radius 1 is 0.929 bits per heavy atom. The predicted octanol–water partition coefficient (Wildman–Crippen LogP) is 3.34. The number of hydrogen-bond donors (Lipinski definition) is 3. The van der Waals surface area contributed by atoms with E-state index in [9.17, 15) is 9.59 Å². The SMILES string of the molecule is O=C(COc1ccc(Br)cc1)NNC(=S)NC(=O)COc1ccc(Br)cc1Cl. The minimum absolute atomic E-state index is 0.0903. The number of hydrazine groups is 1. The molecule has 0 saturated heterocycles. The molecule has 2 aromatic rings. The second-order valence-corrected chi connectivity index (χ2v) is 7.80. The fourth-order valence-corrected chi connectivity index (χ4v) is 2.93. The molecular formula is C17H14Br2ClN3O4S. The van der Waals surface area contributed by atoms with E-state index in [1.165, 1.54) is 0 Å². The van der Waals surface area contributed by atoms with Gasteiger partial charge >= 0.3 is 0 Å². The summed E-state index contributed by atoms with van der Waals surface area (Å²) in [5.41, 5.74) is 4.71. The number of thiocarbonyl (C=S) groups is 1. The van der Waals surface area contributed by atoms with Crippen molar-refractivity contribution in [1.29, 1.82) is 0 Å². The maximum Gasteiger partial charge on any atom is 0.276 e. The molecule has 11 heteroatoms. The molecule has 0 radical (unpaired) electrons. The van der Waals surface area contributed by atoms with Gasteiger partial charge in [-0.2, -0.15) is 0 Å². The quantitative estimate of drug-likeness (QED) is 0.377. The third-order valence-electron chi connectivity index (χ3n) is 3.00. The number of carbonyl (C=O) groups is 2. The Labute approximate surface area is 188 Å². The third kappa shape index (κ3) is 8.01. The zero-order valence-electron chi connectivity index (χ0n) is 14.1. The van der Waals surface area contributed by atoms with Crippen LogP contribution in [0.15, 0.2) is 51.4 Å². The molecule has 0 bridgehead atoms. The van der Waals surface area contributed by atoms with Crippen molar-refractivity contribution in [2.75, 3.05) is 13.2 Å². The number of nitrogens with one attached hydrogen (secondary N) is 3. The van der Waals surface area contributed by atoms with Crippen LogP contribution in [0.3, 0.4) is 0 Å². The summed E-state index contributed by atoms with van der Waals surface area (Å²) in [6, 6.07) is 12.0. The van der Waals surface area contributed by atoms with Gasteiger partial charge in [-0.15, -0.1) is 0 Å². The molecule has 2 amide bonds. The molecule has 0 aliphatic carbocycles. The molecular weight excluding hydrogens is 538 g/mol. The van der Waals surface area contributed by atoms with Gasteiger partial charge in [-0.1, -0.05) is 43.5 Å². The third-order valence-corrected chi connectivity index (χ3v) is 4.53. The van der Waals surface area contributed by atoms with Gasteiger partial charge in [-0.3, -0.25) is 25.8 Å². The van der Waals surface area contributed by atoms with Crippen molar-refractivity contribution < 1.29 is 19.1 Å². The van der Waals surface area contributed by atoms with E-state index in [2.05, 4.69) is 48.0 Å². The van der Waals surface area contributed by atoms with Gasteiger partial charge in [0, 0.05) is 8.95 Å². The van der Waals surface area contributed by atoms with Crippen molar-refractivity contribution in [3.8, 4) is 11.5 Å². The van der Waals surface area contributed by atoms with Crippen LogP contribution in [0.25, 0.3) is 0 Å². The van der Waals surface area contributed by atoms with Gasteiger partial charge in [0.1, 0.15) is 11.5 Å². The van der Waals surface area contributed by atoms with Crippen molar-refractivity contribution in [3.05, 3.63) is 56.4 Å². The van der Waals surface area contributed by atoms with E-state index in [-0.39, 0.29) is 18.3 Å². The average molecular weight is 552 g/mol. The topological polar surface area (TPSA) is 88.7 Å². The Balaban J connectivity index is 1.66. The normalized spacial score (nSPS) is 9.96. The Morgan fingerprint density at radius 3 is 2.25 bits per heavy atom. The number of halogens is 3. The first kappa shape index (κ1) is 22.4. The van der Waals surface area contributed by atoms with E-state index in [1.54, 1.807) is 42.5 Å². The first-order valence-corrected chi connectivity index (χ1v) is 10.1. The Kier molecular flexibility index (Phi) is 8.97. The molecule has 3 N–H and O–H groups in total. The van der Waals surface area contributed by atoms with Crippen LogP contribution < -0.4 is 25.6 Å². The molecule has 0 fully saturated rings. The van der Waals surface area contributed by atoms with Crippen LogP contribution in [0, 0.1) is 0 Å². The molecule has 0 atom stereocenters. The lowest BCUT2D eigenvalue weighted by Crippen LogP contribution is -2.50. The molecule has 0 heterocycles. The summed E-state index contributed by atoms with van der Waals surface area (Å²) in [5.74, 6) is -0.0930. The molecule has 0 aromatic heterocycles. The van der Waals surface area contributed by atoms with Crippen LogP contribution >= 0.6 is 55.7 Å². The molecule has 0 aliphatic rings. The molecule has 0 saturated carbocycles. The minimum atomic E-state index is -0.517. The van der Waals surface area contributed by atoms with E-state index in [0.717, 1.165) is 8.95 Å². The van der Waals surface area contributed by atoms with Crippen LogP contribution in [0.5, 0.6) is 11.5 Å². The lowest BCUT2D eigenvalue weighted by molar-refractivity contribution is -0.124. The van der Waals surface area contributed by atoms with Gasteiger partial charge in [0.25, 0.3) is 11.8 Å². The summed E-state index contributed by atoms with van der Waals surface area (Å²) in [7, 11) is 0. The average Bonchev–Trinajstić information content (AvgIpc) is 2.65. The first-order chi connectivity index (χ1) is 13.3. The zero-order chi connectivity index (χ0) is 20.5. The van der Waals surface area contributed by atoms with Gasteiger partial charge in [0.05, 0.1) is 5.02 Å². The summed E-state index contributed by atoms with van der Waals surface area (Å²) < 4.78 is 12.3. The van der Waals surface area contributed by atoms with Crippen molar-refractivity contribution in [1.82, 2.24) is 16.2 Å². The predicted molar refractivity (Wildman–Crippen MR) is 116 cm³/mol. The maximum absolute atomic E-state index is 11.8. The van der Waals surface area contributed by atoms with Crippen LogP contribution in [-0.4, -0.2) is 30.1 Å². The largest absolute Gasteiger partial charge is 0.484 e. The second-order valence-electron chi connectivity index (χ2n) is 5.16. The minimum Gasteiger partial charge on any atom is -0.484 e. The maximum atomic E-state index is 11.8. The number of carbonyl (C=O) groups excluding carboxylic acids is 2. The van der Waals surface area contributed by atoms with E-state index >= 15 is 0 Å². The van der Waals surface area contributed by atoms with Crippen LogP contribution in [0.1, 0.15) is 0 Å². The van der Waals surface area contributed by atoms with E-state index in [1.807, 2.05) is 0 Å². The van der Waals surface area contributed by atoms with E-state index in [4.69, 9.17) is 33.3 Å². The standard InChI is InChI=1S/C17H14Br2ClN3O4S/c18-10-1-4-12(5-2-10)26-9-16(25)22-23-17(28)21-15(24)8-27-14-6-3-11(19)7-13(14)20/h1-7H,8-9H2,(H,22,25)(H2,21,23,24,28). The first-order valence-electron chi connectivity index (χ1n) is 7.68. The highest BCUT2D eigenvalue weighted by Gasteiger charge is 2.09. The number of amides is 2. The summed E-state index contributed by atoms with van der Waals surface area (Å²) in [5, 5.41) is 2.63. The fraction of sp³-hybridized carbons (Fsp3) is 0.118. The fourth-order valence-electron chi connectivity index (χ4n) is 1.77. The van der Waals surface area contributed by atoms with Gasteiger partial charge in [-0.05, 0) is 54.7 Å². The lowest BCUT2D eigenvalue weighted by atomic mass is 10.3. The van der Waals surface area contributed by atoms with Gasteiger partial charge in [0.15, 0.2) is 18.3 Å². The molecule has 0 spiro atoms. The summed E-state index contributed by atoms with van der Waals surface area (Å²) in [6.45, 7) is -0.528. The molecule has 7 nitrogen and oxygen atoms in total. The van der Waals surface area contributed by atoms with Crippen molar-refractivity contribution in [2.24, 2.45) is 0 Å².